The smallest absolute Gasteiger partial charge is 0.312 e. The van der Waals surface area contributed by atoms with Gasteiger partial charge in [0, 0.05) is 31.6 Å². The van der Waals surface area contributed by atoms with Crippen molar-refractivity contribution in [3.63, 3.8) is 0 Å². The highest BCUT2D eigenvalue weighted by Gasteiger charge is 2.43. The van der Waals surface area contributed by atoms with Gasteiger partial charge in [0.15, 0.2) is 0 Å². The number of ether oxygens (including phenoxy) is 1. The largest absolute Gasteiger partial charge is 0.466 e. The molecule has 0 saturated carbocycles. The topological polar surface area (TPSA) is 88.1 Å². The first-order chi connectivity index (χ1) is 14.5. The van der Waals surface area contributed by atoms with Crippen LogP contribution in [0.15, 0.2) is 35.4 Å². The van der Waals surface area contributed by atoms with Crippen molar-refractivity contribution < 1.29 is 19.1 Å². The number of esters is 1. The van der Waals surface area contributed by atoms with Gasteiger partial charge in [0.1, 0.15) is 0 Å². The van der Waals surface area contributed by atoms with Crippen molar-refractivity contribution in [3.8, 4) is 0 Å². The third-order valence-corrected chi connectivity index (χ3v) is 6.12. The van der Waals surface area contributed by atoms with Crippen LogP contribution in [0.1, 0.15) is 57.4 Å². The molecule has 2 aliphatic heterocycles. The molecule has 7 nitrogen and oxygen atoms in total. The average molecular weight is 414 g/mol. The number of carbonyl (C=O) groups excluding carboxylic acids is 3. The number of carbonyl (C=O) groups is 3. The normalized spacial score (nSPS) is 18.4. The first-order valence-electron chi connectivity index (χ1n) is 10.9. The number of nitrogens with one attached hydrogen (secondary N) is 1. The SMILES string of the molecule is CCOC(=O)C1(CCc2ccccc2)CCN(C(=O)CCC2=NNC(=O)CC2)CC1. The van der Waals surface area contributed by atoms with Gasteiger partial charge in [-0.25, -0.2) is 5.43 Å². The van der Waals surface area contributed by atoms with E-state index >= 15 is 0 Å². The Bertz CT molecular complexity index is 783. The van der Waals surface area contributed by atoms with Gasteiger partial charge in [0.25, 0.3) is 0 Å². The van der Waals surface area contributed by atoms with Crippen LogP contribution in [-0.2, 0) is 25.5 Å². The quantitative estimate of drug-likeness (QED) is 0.664. The number of hydrazone groups is 1. The number of rotatable bonds is 8. The second-order valence-corrected chi connectivity index (χ2v) is 8.08. The third kappa shape index (κ3) is 5.68. The molecule has 0 atom stereocenters. The van der Waals surface area contributed by atoms with E-state index in [1.54, 1.807) is 0 Å². The fourth-order valence-corrected chi connectivity index (χ4v) is 4.15. The van der Waals surface area contributed by atoms with Crippen molar-refractivity contribution in [2.45, 2.75) is 58.3 Å². The van der Waals surface area contributed by atoms with E-state index in [4.69, 9.17) is 4.74 Å². The van der Waals surface area contributed by atoms with Crippen molar-refractivity contribution in [2.24, 2.45) is 10.5 Å². The van der Waals surface area contributed by atoms with Crippen molar-refractivity contribution in [2.75, 3.05) is 19.7 Å². The Morgan fingerprint density at radius 3 is 2.50 bits per heavy atom. The summed E-state index contributed by atoms with van der Waals surface area (Å²) in [5, 5.41) is 4.03. The number of piperidine rings is 1. The Morgan fingerprint density at radius 2 is 1.87 bits per heavy atom. The van der Waals surface area contributed by atoms with Gasteiger partial charge >= 0.3 is 5.97 Å². The van der Waals surface area contributed by atoms with Crippen molar-refractivity contribution in [3.05, 3.63) is 35.9 Å². The molecule has 2 heterocycles. The Labute approximate surface area is 177 Å². The van der Waals surface area contributed by atoms with Crippen LogP contribution in [0.25, 0.3) is 0 Å². The van der Waals surface area contributed by atoms with E-state index in [1.807, 2.05) is 30.0 Å². The number of hydrogen-bond acceptors (Lipinski definition) is 5. The number of hydrogen-bond donors (Lipinski definition) is 1. The van der Waals surface area contributed by atoms with Crippen LogP contribution in [-0.4, -0.2) is 48.1 Å². The van der Waals surface area contributed by atoms with Gasteiger partial charge in [0.05, 0.1) is 12.0 Å². The predicted octanol–water partition coefficient (Wildman–Crippen LogP) is 2.84. The lowest BCUT2D eigenvalue weighted by molar-refractivity contribution is -0.160. The standard InChI is InChI=1S/C23H31N3O4/c1-2-30-22(29)23(13-12-18-6-4-3-5-7-18)14-16-26(17-15-23)21(28)11-9-19-8-10-20(27)25-24-19/h3-7H,2,8-17H2,1H3,(H,25,27). The van der Waals surface area contributed by atoms with Crippen LogP contribution in [0.3, 0.4) is 0 Å². The molecule has 1 aromatic carbocycles. The Balaban J connectivity index is 1.55. The molecule has 0 aliphatic carbocycles. The van der Waals surface area contributed by atoms with Crippen LogP contribution in [0.4, 0.5) is 0 Å². The number of benzene rings is 1. The summed E-state index contributed by atoms with van der Waals surface area (Å²) in [6.07, 6.45) is 4.79. The maximum atomic E-state index is 12.8. The van der Waals surface area contributed by atoms with E-state index in [1.165, 1.54) is 5.56 Å². The summed E-state index contributed by atoms with van der Waals surface area (Å²) >= 11 is 0. The average Bonchev–Trinajstić information content (AvgIpc) is 2.78. The van der Waals surface area contributed by atoms with Crippen LogP contribution in [0.2, 0.25) is 0 Å². The number of aryl methyl sites for hydroxylation is 1. The van der Waals surface area contributed by atoms with Gasteiger partial charge in [-0.05, 0) is 51.0 Å². The highest BCUT2D eigenvalue weighted by Crippen LogP contribution is 2.38. The molecular formula is C23H31N3O4. The second-order valence-electron chi connectivity index (χ2n) is 8.08. The molecule has 0 aromatic heterocycles. The van der Waals surface area contributed by atoms with E-state index < -0.39 is 5.41 Å². The van der Waals surface area contributed by atoms with Crippen molar-refractivity contribution in [1.82, 2.24) is 10.3 Å². The van der Waals surface area contributed by atoms with E-state index in [0.29, 0.717) is 58.2 Å². The van der Waals surface area contributed by atoms with Crippen LogP contribution < -0.4 is 5.43 Å². The molecule has 0 radical (unpaired) electrons. The Hall–Kier alpha value is -2.70. The monoisotopic (exact) mass is 413 g/mol. The summed E-state index contributed by atoms with van der Waals surface area (Å²) in [6, 6.07) is 10.2. The second kappa shape index (κ2) is 10.4. The maximum Gasteiger partial charge on any atom is 0.312 e. The molecule has 0 unspecified atom stereocenters. The Morgan fingerprint density at radius 1 is 1.13 bits per heavy atom. The third-order valence-electron chi connectivity index (χ3n) is 6.12. The number of amides is 2. The van der Waals surface area contributed by atoms with Gasteiger partial charge in [0.2, 0.25) is 11.8 Å². The molecule has 2 aliphatic rings. The van der Waals surface area contributed by atoms with E-state index in [2.05, 4.69) is 22.7 Å². The molecule has 1 fully saturated rings. The first kappa shape index (κ1) is 22.0. The fourth-order valence-electron chi connectivity index (χ4n) is 4.15. The van der Waals surface area contributed by atoms with Crippen LogP contribution in [0, 0.1) is 5.41 Å². The molecule has 0 spiro atoms. The zero-order chi connectivity index (χ0) is 21.4. The fraction of sp³-hybridized carbons (Fsp3) is 0.565. The maximum absolute atomic E-state index is 12.8. The molecule has 30 heavy (non-hydrogen) atoms. The first-order valence-corrected chi connectivity index (χ1v) is 10.9. The highest BCUT2D eigenvalue weighted by atomic mass is 16.5. The molecular weight excluding hydrogens is 382 g/mol. The minimum atomic E-state index is -0.527. The highest BCUT2D eigenvalue weighted by molar-refractivity contribution is 5.94. The Kier molecular flexibility index (Phi) is 7.60. The zero-order valence-electron chi connectivity index (χ0n) is 17.7. The van der Waals surface area contributed by atoms with Gasteiger partial charge < -0.3 is 9.64 Å². The lowest BCUT2D eigenvalue weighted by atomic mass is 9.74. The summed E-state index contributed by atoms with van der Waals surface area (Å²) in [4.78, 5) is 38.5. The molecule has 7 heteroatoms. The summed E-state index contributed by atoms with van der Waals surface area (Å²) in [5.74, 6) is -0.137. The van der Waals surface area contributed by atoms with Gasteiger partial charge in [-0.2, -0.15) is 5.10 Å². The molecule has 1 aromatic rings. The summed E-state index contributed by atoms with van der Waals surface area (Å²) < 4.78 is 5.41. The lowest BCUT2D eigenvalue weighted by Gasteiger charge is -2.40. The van der Waals surface area contributed by atoms with Crippen molar-refractivity contribution in [1.29, 1.82) is 0 Å². The van der Waals surface area contributed by atoms with Gasteiger partial charge in [-0.3, -0.25) is 14.4 Å². The molecule has 1 N–H and O–H groups in total. The van der Waals surface area contributed by atoms with Gasteiger partial charge in [-0.1, -0.05) is 30.3 Å². The summed E-state index contributed by atoms with van der Waals surface area (Å²) in [6.45, 7) is 3.33. The van der Waals surface area contributed by atoms with E-state index in [0.717, 1.165) is 18.6 Å². The minimum Gasteiger partial charge on any atom is -0.466 e. The molecule has 3 rings (SSSR count). The van der Waals surface area contributed by atoms with E-state index in [-0.39, 0.29) is 17.8 Å². The summed E-state index contributed by atoms with van der Waals surface area (Å²) in [5.41, 5.74) is 4.02. The number of likely N-dealkylation sites (tertiary alicyclic amines) is 1. The van der Waals surface area contributed by atoms with Crippen LogP contribution >= 0.6 is 0 Å². The predicted molar refractivity (Wildman–Crippen MR) is 114 cm³/mol. The van der Waals surface area contributed by atoms with Crippen molar-refractivity contribution >= 4 is 23.5 Å². The minimum absolute atomic E-state index is 0.0769. The lowest BCUT2D eigenvalue weighted by Crippen LogP contribution is -2.47. The van der Waals surface area contributed by atoms with Gasteiger partial charge in [-0.15, -0.1) is 0 Å². The zero-order valence-corrected chi connectivity index (χ0v) is 17.7. The molecule has 1 saturated heterocycles. The molecule has 0 bridgehead atoms. The van der Waals surface area contributed by atoms with Crippen LogP contribution in [0.5, 0.6) is 0 Å². The number of nitrogens with zero attached hydrogens (tertiary/aromatic N) is 2. The summed E-state index contributed by atoms with van der Waals surface area (Å²) in [7, 11) is 0. The van der Waals surface area contributed by atoms with E-state index in [9.17, 15) is 14.4 Å². The molecule has 162 valence electrons. The molecule has 2 amide bonds.